The lowest BCUT2D eigenvalue weighted by atomic mass is 10.0. The Morgan fingerprint density at radius 3 is 2.42 bits per heavy atom. The number of alkyl halides is 3. The Balaban J connectivity index is 2.80. The number of amides is 1. The predicted molar refractivity (Wildman–Crippen MR) is 64.4 cm³/mol. The standard InChI is InChI=1S/C13H16F3NO2/c1-8(17-12(19)9(2)18)7-10-5-3-4-6-11(10)13(14,15)16/h3-6,8-9,18H,7H2,1-2H3,(H,17,19)/t8-,9+/m0/s1. The minimum atomic E-state index is -4.41. The van der Waals surface area contributed by atoms with E-state index in [-0.39, 0.29) is 12.0 Å². The summed E-state index contributed by atoms with van der Waals surface area (Å²) < 4.78 is 38.3. The van der Waals surface area contributed by atoms with E-state index in [9.17, 15) is 18.0 Å². The van der Waals surface area contributed by atoms with Crippen LogP contribution in [0.2, 0.25) is 0 Å². The fourth-order valence-electron chi connectivity index (χ4n) is 1.72. The van der Waals surface area contributed by atoms with Crippen LogP contribution in [0.4, 0.5) is 13.2 Å². The van der Waals surface area contributed by atoms with Gasteiger partial charge in [0.15, 0.2) is 0 Å². The molecule has 6 heteroatoms. The first-order chi connectivity index (χ1) is 8.71. The zero-order chi connectivity index (χ0) is 14.6. The highest BCUT2D eigenvalue weighted by molar-refractivity contribution is 5.80. The van der Waals surface area contributed by atoms with E-state index in [0.29, 0.717) is 0 Å². The maximum Gasteiger partial charge on any atom is 0.416 e. The van der Waals surface area contributed by atoms with Gasteiger partial charge in [-0.1, -0.05) is 18.2 Å². The molecule has 0 aliphatic rings. The summed E-state index contributed by atoms with van der Waals surface area (Å²) >= 11 is 0. The van der Waals surface area contributed by atoms with Gasteiger partial charge in [0.05, 0.1) is 5.56 Å². The SMILES string of the molecule is C[C@@H](Cc1ccccc1C(F)(F)F)NC(=O)[C@@H](C)O. The third kappa shape index (κ3) is 4.55. The van der Waals surface area contributed by atoms with Gasteiger partial charge in [-0.05, 0) is 31.9 Å². The van der Waals surface area contributed by atoms with E-state index in [1.165, 1.54) is 25.1 Å². The van der Waals surface area contributed by atoms with Gasteiger partial charge in [0.25, 0.3) is 0 Å². The molecule has 2 N–H and O–H groups in total. The molecule has 106 valence electrons. The van der Waals surface area contributed by atoms with Crippen molar-refractivity contribution < 1.29 is 23.1 Å². The Morgan fingerprint density at radius 1 is 1.32 bits per heavy atom. The monoisotopic (exact) mass is 275 g/mol. The zero-order valence-electron chi connectivity index (χ0n) is 10.7. The fraction of sp³-hybridized carbons (Fsp3) is 0.462. The lowest BCUT2D eigenvalue weighted by Crippen LogP contribution is -2.40. The van der Waals surface area contributed by atoms with Gasteiger partial charge in [-0.3, -0.25) is 4.79 Å². The smallest absolute Gasteiger partial charge is 0.384 e. The number of rotatable bonds is 4. The quantitative estimate of drug-likeness (QED) is 0.884. The van der Waals surface area contributed by atoms with E-state index >= 15 is 0 Å². The number of hydrogen-bond acceptors (Lipinski definition) is 2. The molecule has 0 unspecified atom stereocenters. The molecular formula is C13H16F3NO2. The summed E-state index contributed by atoms with van der Waals surface area (Å²) in [5.41, 5.74) is -0.582. The van der Waals surface area contributed by atoms with E-state index < -0.39 is 29.8 Å². The van der Waals surface area contributed by atoms with Gasteiger partial charge in [0.1, 0.15) is 6.10 Å². The molecule has 0 heterocycles. The minimum absolute atomic E-state index is 0.0497. The molecule has 0 saturated heterocycles. The first-order valence-electron chi connectivity index (χ1n) is 5.85. The Labute approximate surface area is 109 Å². The van der Waals surface area contributed by atoms with Crippen molar-refractivity contribution in [2.75, 3.05) is 0 Å². The van der Waals surface area contributed by atoms with Crippen LogP contribution in [0.5, 0.6) is 0 Å². The van der Waals surface area contributed by atoms with Crippen molar-refractivity contribution in [2.24, 2.45) is 0 Å². The lowest BCUT2D eigenvalue weighted by molar-refractivity contribution is -0.138. The molecule has 1 aromatic rings. The molecule has 0 bridgehead atoms. The largest absolute Gasteiger partial charge is 0.416 e. The highest BCUT2D eigenvalue weighted by Gasteiger charge is 2.33. The number of carbonyl (C=O) groups is 1. The van der Waals surface area contributed by atoms with Crippen LogP contribution in [0, 0.1) is 0 Å². The zero-order valence-corrected chi connectivity index (χ0v) is 10.7. The average molecular weight is 275 g/mol. The molecule has 0 fully saturated rings. The van der Waals surface area contributed by atoms with Gasteiger partial charge in [-0.15, -0.1) is 0 Å². The molecule has 1 aromatic carbocycles. The van der Waals surface area contributed by atoms with Gasteiger partial charge in [0, 0.05) is 6.04 Å². The topological polar surface area (TPSA) is 49.3 Å². The number of benzene rings is 1. The summed E-state index contributed by atoms with van der Waals surface area (Å²) in [7, 11) is 0. The van der Waals surface area contributed by atoms with Crippen LogP contribution in [0.15, 0.2) is 24.3 Å². The van der Waals surface area contributed by atoms with Crippen LogP contribution in [-0.2, 0) is 17.4 Å². The Bertz CT molecular complexity index is 444. The summed E-state index contributed by atoms with van der Waals surface area (Å²) in [5.74, 6) is -0.600. The van der Waals surface area contributed by atoms with Gasteiger partial charge >= 0.3 is 6.18 Å². The summed E-state index contributed by atoms with van der Waals surface area (Å²) in [5, 5.41) is 11.5. The molecule has 0 aliphatic carbocycles. The number of hydrogen-bond donors (Lipinski definition) is 2. The summed E-state index contributed by atoms with van der Waals surface area (Å²) in [4.78, 5) is 11.2. The van der Waals surface area contributed by atoms with Gasteiger partial charge in [0.2, 0.25) is 5.91 Å². The molecule has 1 rings (SSSR count). The van der Waals surface area contributed by atoms with E-state index in [1.807, 2.05) is 0 Å². The molecule has 0 spiro atoms. The van der Waals surface area contributed by atoms with Crippen LogP contribution in [0.3, 0.4) is 0 Å². The number of carbonyl (C=O) groups excluding carboxylic acids is 1. The maximum atomic E-state index is 12.8. The van der Waals surface area contributed by atoms with Crippen LogP contribution in [0.1, 0.15) is 25.0 Å². The van der Waals surface area contributed by atoms with Crippen molar-refractivity contribution in [1.82, 2.24) is 5.32 Å². The second-order valence-electron chi connectivity index (χ2n) is 4.44. The summed E-state index contributed by atoms with van der Waals surface area (Å²) in [6, 6.07) is 4.75. The van der Waals surface area contributed by atoms with E-state index in [1.54, 1.807) is 6.92 Å². The molecule has 0 aliphatic heterocycles. The minimum Gasteiger partial charge on any atom is -0.384 e. The second kappa shape index (κ2) is 6.06. The van der Waals surface area contributed by atoms with Crippen LogP contribution in [0.25, 0.3) is 0 Å². The molecule has 3 nitrogen and oxygen atoms in total. The molecule has 0 aromatic heterocycles. The highest BCUT2D eigenvalue weighted by Crippen LogP contribution is 2.32. The molecule has 2 atom stereocenters. The van der Waals surface area contributed by atoms with Crippen molar-refractivity contribution in [2.45, 2.75) is 38.6 Å². The van der Waals surface area contributed by atoms with Crippen LogP contribution >= 0.6 is 0 Å². The fourth-order valence-corrected chi connectivity index (χ4v) is 1.72. The third-order valence-corrected chi connectivity index (χ3v) is 2.62. The predicted octanol–water partition coefficient (Wildman–Crippen LogP) is 2.13. The van der Waals surface area contributed by atoms with Crippen LogP contribution < -0.4 is 5.32 Å². The van der Waals surface area contributed by atoms with Gasteiger partial charge in [-0.25, -0.2) is 0 Å². The van der Waals surface area contributed by atoms with Crippen molar-refractivity contribution in [1.29, 1.82) is 0 Å². The van der Waals surface area contributed by atoms with Gasteiger partial charge in [-0.2, -0.15) is 13.2 Å². The average Bonchev–Trinajstić information content (AvgIpc) is 2.27. The second-order valence-corrected chi connectivity index (χ2v) is 4.44. The van der Waals surface area contributed by atoms with E-state index in [2.05, 4.69) is 5.32 Å². The van der Waals surface area contributed by atoms with E-state index in [4.69, 9.17) is 5.11 Å². The van der Waals surface area contributed by atoms with Crippen molar-refractivity contribution in [3.05, 3.63) is 35.4 Å². The Morgan fingerprint density at radius 2 is 1.89 bits per heavy atom. The molecule has 19 heavy (non-hydrogen) atoms. The number of aliphatic hydroxyl groups is 1. The van der Waals surface area contributed by atoms with E-state index in [0.717, 1.165) is 6.07 Å². The number of aliphatic hydroxyl groups excluding tert-OH is 1. The Hall–Kier alpha value is -1.56. The van der Waals surface area contributed by atoms with Crippen molar-refractivity contribution >= 4 is 5.91 Å². The highest BCUT2D eigenvalue weighted by atomic mass is 19.4. The summed E-state index contributed by atoms with van der Waals surface area (Å²) in [6.45, 7) is 2.89. The van der Waals surface area contributed by atoms with Crippen LogP contribution in [-0.4, -0.2) is 23.2 Å². The van der Waals surface area contributed by atoms with Gasteiger partial charge < -0.3 is 10.4 Å². The molecular weight excluding hydrogens is 259 g/mol. The first-order valence-corrected chi connectivity index (χ1v) is 5.85. The lowest BCUT2D eigenvalue weighted by Gasteiger charge is -2.18. The number of halogens is 3. The number of nitrogens with one attached hydrogen (secondary N) is 1. The third-order valence-electron chi connectivity index (χ3n) is 2.62. The molecule has 0 saturated carbocycles. The normalized spacial score (nSPS) is 14.8. The maximum absolute atomic E-state index is 12.8. The Kier molecular flexibility index (Phi) is 4.94. The van der Waals surface area contributed by atoms with Crippen molar-refractivity contribution in [3.8, 4) is 0 Å². The summed E-state index contributed by atoms with van der Waals surface area (Å²) in [6.07, 6.45) is -5.54. The molecule has 1 amide bonds. The van der Waals surface area contributed by atoms with Crippen molar-refractivity contribution in [3.63, 3.8) is 0 Å². The molecule has 0 radical (unpaired) electrons. The first kappa shape index (κ1) is 15.5.